The minimum absolute atomic E-state index is 0.0111. The molecule has 0 aliphatic carbocycles. The van der Waals surface area contributed by atoms with Crippen molar-refractivity contribution in [3.63, 3.8) is 0 Å². The summed E-state index contributed by atoms with van der Waals surface area (Å²) < 4.78 is 38.4. The molecule has 1 rings (SSSR count). The van der Waals surface area contributed by atoms with Gasteiger partial charge in [0, 0.05) is 5.56 Å². The minimum Gasteiger partial charge on any atom is -0.744 e. The average Bonchev–Trinajstić information content (AvgIpc) is 3.27. The molecule has 0 aliphatic rings. The van der Waals surface area contributed by atoms with Gasteiger partial charge in [0.2, 0.25) is 0 Å². The van der Waals surface area contributed by atoms with E-state index in [1.165, 1.54) is 289 Å². The molecule has 0 saturated heterocycles. The normalized spacial score (nSPS) is 12.2. The van der Waals surface area contributed by atoms with E-state index < -0.39 is 10.1 Å². The van der Waals surface area contributed by atoms with Crippen molar-refractivity contribution in [3.8, 4) is 0 Å². The standard InChI is InChI=1S/C58H111NO3S/c1-4-7-10-13-16-19-22-25-28-31-34-37-40-43-48-53-59(56-57-51-46-47-52-58(57)63(60,61)62,54-49-44-41-38-35-32-29-26-23-20-17-14-11-8-5-2)55-50-45-42-39-36-33-30-27-24-21-18-15-12-9-6-3/h46-47,51-52H,4-45,48-50,53-56H2,1-3H3. The third-order valence-electron chi connectivity index (χ3n) is 14.5. The minimum atomic E-state index is -4.52. The van der Waals surface area contributed by atoms with Crippen LogP contribution in [-0.2, 0) is 16.7 Å². The van der Waals surface area contributed by atoms with Crippen LogP contribution in [-0.4, -0.2) is 37.1 Å². The fourth-order valence-electron chi connectivity index (χ4n) is 10.3. The molecule has 0 atom stereocenters. The van der Waals surface area contributed by atoms with Gasteiger partial charge in [0.05, 0.1) is 24.5 Å². The van der Waals surface area contributed by atoms with Crippen LogP contribution in [0.5, 0.6) is 0 Å². The second-order valence-electron chi connectivity index (χ2n) is 20.6. The molecule has 1 aromatic rings. The molecule has 0 amide bonds. The number of hydrogen-bond acceptors (Lipinski definition) is 3. The van der Waals surface area contributed by atoms with Crippen LogP contribution in [0.25, 0.3) is 0 Å². The second kappa shape index (κ2) is 44.9. The monoisotopic (exact) mass is 902 g/mol. The Hall–Kier alpha value is -0.910. The third kappa shape index (κ3) is 37.8. The molecule has 0 bridgehead atoms. The van der Waals surface area contributed by atoms with E-state index in [-0.39, 0.29) is 4.90 Å². The van der Waals surface area contributed by atoms with Gasteiger partial charge in [-0.3, -0.25) is 0 Å². The number of benzene rings is 1. The third-order valence-corrected chi connectivity index (χ3v) is 15.4. The van der Waals surface area contributed by atoms with Crippen molar-refractivity contribution < 1.29 is 17.5 Å². The largest absolute Gasteiger partial charge is 0.744 e. The summed E-state index contributed by atoms with van der Waals surface area (Å²) in [5.41, 5.74) is 0.746. The smallest absolute Gasteiger partial charge is 0.124 e. The van der Waals surface area contributed by atoms with Gasteiger partial charge in [-0.2, -0.15) is 0 Å². The van der Waals surface area contributed by atoms with Crippen molar-refractivity contribution in [1.29, 1.82) is 0 Å². The lowest BCUT2D eigenvalue weighted by Crippen LogP contribution is -2.49. The zero-order valence-corrected chi connectivity index (χ0v) is 43.9. The molecule has 372 valence electrons. The fourth-order valence-corrected chi connectivity index (χ4v) is 11.0. The first kappa shape index (κ1) is 60.1. The van der Waals surface area contributed by atoms with Gasteiger partial charge in [-0.25, -0.2) is 8.42 Å². The van der Waals surface area contributed by atoms with Gasteiger partial charge in [0.15, 0.2) is 0 Å². The highest BCUT2D eigenvalue weighted by molar-refractivity contribution is 7.85. The molecule has 0 aromatic heterocycles. The Morgan fingerprint density at radius 2 is 0.540 bits per heavy atom. The molecular formula is C58H111NO3S. The first-order chi connectivity index (χ1) is 30.9. The molecular weight excluding hydrogens is 791 g/mol. The van der Waals surface area contributed by atoms with Crippen molar-refractivity contribution >= 4 is 10.1 Å². The molecule has 0 spiro atoms. The summed E-state index contributed by atoms with van der Waals surface area (Å²) >= 11 is 0. The lowest BCUT2D eigenvalue weighted by Gasteiger charge is -2.40. The van der Waals surface area contributed by atoms with Crippen LogP contribution < -0.4 is 0 Å². The van der Waals surface area contributed by atoms with E-state index in [2.05, 4.69) is 20.8 Å². The van der Waals surface area contributed by atoms with Crippen LogP contribution in [0.3, 0.4) is 0 Å². The predicted octanol–water partition coefficient (Wildman–Crippen LogP) is 19.5. The highest BCUT2D eigenvalue weighted by Crippen LogP contribution is 2.26. The summed E-state index contributed by atoms with van der Waals surface area (Å²) in [6, 6.07) is 7.15. The predicted molar refractivity (Wildman–Crippen MR) is 278 cm³/mol. The van der Waals surface area contributed by atoms with Gasteiger partial charge in [0.1, 0.15) is 16.7 Å². The molecule has 0 unspecified atom stereocenters. The van der Waals surface area contributed by atoms with E-state index in [9.17, 15) is 13.0 Å². The van der Waals surface area contributed by atoms with Crippen molar-refractivity contribution in [1.82, 2.24) is 0 Å². The molecule has 1 aromatic carbocycles. The molecule has 4 nitrogen and oxygen atoms in total. The maximum absolute atomic E-state index is 12.5. The van der Waals surface area contributed by atoms with E-state index in [0.717, 1.165) is 29.7 Å². The van der Waals surface area contributed by atoms with E-state index >= 15 is 0 Å². The maximum Gasteiger partial charge on any atom is 0.124 e. The summed E-state index contributed by atoms with van der Waals surface area (Å²) in [5, 5.41) is 0. The number of unbranched alkanes of at least 4 members (excludes halogenated alkanes) is 42. The summed E-state index contributed by atoms with van der Waals surface area (Å²) in [6.07, 6.45) is 61.5. The van der Waals surface area contributed by atoms with Crippen molar-refractivity contribution in [2.45, 2.75) is 321 Å². The molecule has 5 heteroatoms. The molecule has 0 heterocycles. The number of hydrogen-bond donors (Lipinski definition) is 0. The highest BCUT2D eigenvalue weighted by atomic mass is 32.2. The van der Waals surface area contributed by atoms with Crippen LogP contribution >= 0.6 is 0 Å². The first-order valence-electron chi connectivity index (χ1n) is 28.8. The maximum atomic E-state index is 12.5. The van der Waals surface area contributed by atoms with Crippen LogP contribution in [0, 0.1) is 0 Å². The second-order valence-corrected chi connectivity index (χ2v) is 21.9. The van der Waals surface area contributed by atoms with E-state index in [1.807, 2.05) is 12.1 Å². The Bertz CT molecular complexity index is 1100. The quantitative estimate of drug-likeness (QED) is 0.0372. The summed E-state index contributed by atoms with van der Waals surface area (Å²) in [6.45, 7) is 10.9. The molecule has 0 N–H and O–H groups in total. The van der Waals surface area contributed by atoms with Gasteiger partial charge in [-0.15, -0.1) is 0 Å². The molecule has 0 fully saturated rings. The number of nitrogens with zero attached hydrogens (tertiary/aromatic N) is 1. The molecule has 63 heavy (non-hydrogen) atoms. The molecule has 0 saturated carbocycles. The fraction of sp³-hybridized carbons (Fsp3) is 0.897. The molecule has 0 aliphatic heterocycles. The SMILES string of the molecule is CCCCCCCCCCCCCCCCC[N+](CCCCCCCCCCCCCCCCC)(CCCCCCCCCCCCCCCCC)Cc1ccccc1S(=O)(=O)[O-]. The Morgan fingerprint density at radius 1 is 0.333 bits per heavy atom. The first-order valence-corrected chi connectivity index (χ1v) is 30.2. The highest BCUT2D eigenvalue weighted by Gasteiger charge is 2.28. The van der Waals surface area contributed by atoms with Gasteiger partial charge in [-0.1, -0.05) is 289 Å². The van der Waals surface area contributed by atoms with Crippen molar-refractivity contribution in [2.75, 3.05) is 19.6 Å². The van der Waals surface area contributed by atoms with Gasteiger partial charge in [-0.05, 0) is 44.6 Å². The van der Waals surface area contributed by atoms with E-state index in [1.54, 1.807) is 12.1 Å². The summed E-state index contributed by atoms with van der Waals surface area (Å²) in [5.74, 6) is 0. The number of rotatable bonds is 51. The number of quaternary nitrogens is 1. The van der Waals surface area contributed by atoms with Crippen molar-refractivity contribution in [2.24, 2.45) is 0 Å². The van der Waals surface area contributed by atoms with Crippen LogP contribution in [0.4, 0.5) is 0 Å². The van der Waals surface area contributed by atoms with Gasteiger partial charge < -0.3 is 9.04 Å². The zero-order valence-electron chi connectivity index (χ0n) is 43.0. The van der Waals surface area contributed by atoms with E-state index in [4.69, 9.17) is 0 Å². The van der Waals surface area contributed by atoms with Gasteiger partial charge >= 0.3 is 0 Å². The van der Waals surface area contributed by atoms with Crippen LogP contribution in [0.1, 0.15) is 315 Å². The Balaban J connectivity index is 2.69. The Labute approximate surface area is 396 Å². The topological polar surface area (TPSA) is 57.2 Å². The zero-order chi connectivity index (χ0) is 45.6. The lowest BCUT2D eigenvalue weighted by molar-refractivity contribution is -0.941. The Morgan fingerprint density at radius 3 is 0.762 bits per heavy atom. The average molecular weight is 903 g/mol. The lowest BCUT2D eigenvalue weighted by atomic mass is 10.0. The Kier molecular flexibility index (Phi) is 42.8. The van der Waals surface area contributed by atoms with Gasteiger partial charge in [0.25, 0.3) is 0 Å². The van der Waals surface area contributed by atoms with Crippen LogP contribution in [0.15, 0.2) is 29.2 Å². The van der Waals surface area contributed by atoms with E-state index in [0.29, 0.717) is 6.54 Å². The molecule has 0 radical (unpaired) electrons. The van der Waals surface area contributed by atoms with Crippen molar-refractivity contribution in [3.05, 3.63) is 29.8 Å². The summed E-state index contributed by atoms with van der Waals surface area (Å²) in [7, 11) is -4.52. The van der Waals surface area contributed by atoms with Crippen LogP contribution in [0.2, 0.25) is 0 Å². The summed E-state index contributed by atoms with van der Waals surface area (Å²) in [4.78, 5) is 0.0111.